The molecule has 0 saturated carbocycles. The molecule has 1 unspecified atom stereocenters. The second kappa shape index (κ2) is 6.60. The van der Waals surface area contributed by atoms with E-state index < -0.39 is 26.6 Å². The lowest BCUT2D eigenvalue weighted by molar-refractivity contribution is 0.376. The van der Waals surface area contributed by atoms with Crippen molar-refractivity contribution >= 4 is 10.0 Å². The molecule has 4 nitrogen and oxygen atoms in total. The minimum Gasteiger partial charge on any atom is -0.316 e. The van der Waals surface area contributed by atoms with Gasteiger partial charge in [0, 0.05) is 19.6 Å². The summed E-state index contributed by atoms with van der Waals surface area (Å²) in [5.41, 5.74) is 0.377. The summed E-state index contributed by atoms with van der Waals surface area (Å²) in [5, 5.41) is 2.77. The molecule has 0 radical (unpaired) electrons. The first-order valence-electron chi connectivity index (χ1n) is 6.36. The zero-order valence-corrected chi connectivity index (χ0v) is 12.9. The summed E-state index contributed by atoms with van der Waals surface area (Å²) in [7, 11) is -1.05. The standard InChI is InChI=1S/C13H20F2N2O2S/c1-5-9(2)17(4)20(18,19)12-7-10(8-16-3)6-11(14)13(12)15/h6-7,9,16H,5,8H2,1-4H3. The predicted molar refractivity (Wildman–Crippen MR) is 73.8 cm³/mol. The molecule has 1 aromatic rings. The van der Waals surface area contributed by atoms with E-state index in [4.69, 9.17) is 0 Å². The molecule has 0 aliphatic heterocycles. The maximum absolute atomic E-state index is 13.8. The van der Waals surface area contributed by atoms with Crippen LogP contribution in [-0.2, 0) is 16.6 Å². The van der Waals surface area contributed by atoms with E-state index in [0.717, 1.165) is 10.4 Å². The van der Waals surface area contributed by atoms with Gasteiger partial charge in [0.15, 0.2) is 11.6 Å². The Labute approximate surface area is 118 Å². The van der Waals surface area contributed by atoms with Gasteiger partial charge in [0.05, 0.1) is 0 Å². The number of nitrogens with one attached hydrogen (secondary N) is 1. The predicted octanol–water partition coefficient (Wildman–Crippen LogP) is 2.10. The van der Waals surface area contributed by atoms with E-state index >= 15 is 0 Å². The molecule has 1 atom stereocenters. The molecule has 1 aromatic carbocycles. The third-order valence-electron chi connectivity index (χ3n) is 3.30. The van der Waals surface area contributed by atoms with Gasteiger partial charge in [-0.15, -0.1) is 0 Å². The molecule has 0 spiro atoms. The SMILES string of the molecule is CCC(C)N(C)S(=O)(=O)c1cc(CNC)cc(F)c1F. The number of hydrogen-bond acceptors (Lipinski definition) is 3. The third kappa shape index (κ3) is 3.34. The normalized spacial score (nSPS) is 13.8. The number of halogens is 2. The van der Waals surface area contributed by atoms with Crippen molar-refractivity contribution in [1.82, 2.24) is 9.62 Å². The van der Waals surface area contributed by atoms with Gasteiger partial charge < -0.3 is 5.32 Å². The number of hydrogen-bond donors (Lipinski definition) is 1. The molecule has 0 amide bonds. The molecule has 0 aromatic heterocycles. The molecule has 7 heteroatoms. The van der Waals surface area contributed by atoms with Crippen LogP contribution in [0.25, 0.3) is 0 Å². The van der Waals surface area contributed by atoms with E-state index in [2.05, 4.69) is 5.32 Å². The highest BCUT2D eigenvalue weighted by molar-refractivity contribution is 7.89. The molecule has 20 heavy (non-hydrogen) atoms. The fourth-order valence-corrected chi connectivity index (χ4v) is 3.32. The van der Waals surface area contributed by atoms with Gasteiger partial charge in [0.25, 0.3) is 0 Å². The summed E-state index contributed by atoms with van der Waals surface area (Å²) in [6.07, 6.45) is 0.579. The quantitative estimate of drug-likeness (QED) is 0.875. The zero-order valence-electron chi connectivity index (χ0n) is 12.1. The van der Waals surface area contributed by atoms with Crippen LogP contribution in [0.1, 0.15) is 25.8 Å². The smallest absolute Gasteiger partial charge is 0.246 e. The average Bonchev–Trinajstić information content (AvgIpc) is 2.40. The van der Waals surface area contributed by atoms with E-state index in [1.807, 2.05) is 6.92 Å². The van der Waals surface area contributed by atoms with E-state index in [0.29, 0.717) is 12.0 Å². The van der Waals surface area contributed by atoms with Gasteiger partial charge in [-0.05, 0) is 38.1 Å². The molecule has 0 bridgehead atoms. The van der Waals surface area contributed by atoms with Crippen molar-refractivity contribution < 1.29 is 17.2 Å². The summed E-state index contributed by atoms with van der Waals surface area (Å²) in [5.74, 6) is -2.49. The summed E-state index contributed by atoms with van der Waals surface area (Å²) in [4.78, 5) is -0.620. The lowest BCUT2D eigenvalue weighted by Gasteiger charge is -2.23. The Bertz CT molecular complexity index is 576. The number of benzene rings is 1. The highest BCUT2D eigenvalue weighted by Gasteiger charge is 2.29. The maximum Gasteiger partial charge on any atom is 0.246 e. The third-order valence-corrected chi connectivity index (χ3v) is 5.28. The largest absolute Gasteiger partial charge is 0.316 e. The van der Waals surface area contributed by atoms with Gasteiger partial charge in [-0.1, -0.05) is 6.92 Å². The van der Waals surface area contributed by atoms with E-state index in [-0.39, 0.29) is 12.6 Å². The van der Waals surface area contributed by atoms with Gasteiger partial charge in [0.1, 0.15) is 4.90 Å². The lowest BCUT2D eigenvalue weighted by atomic mass is 10.2. The van der Waals surface area contributed by atoms with Crippen molar-refractivity contribution in [3.8, 4) is 0 Å². The van der Waals surface area contributed by atoms with Crippen LogP contribution in [0.15, 0.2) is 17.0 Å². The Morgan fingerprint density at radius 3 is 2.45 bits per heavy atom. The van der Waals surface area contributed by atoms with E-state index in [1.165, 1.54) is 13.1 Å². The minimum atomic E-state index is -4.05. The van der Waals surface area contributed by atoms with Crippen LogP contribution in [0.2, 0.25) is 0 Å². The van der Waals surface area contributed by atoms with Crippen LogP contribution in [0.3, 0.4) is 0 Å². The Balaban J connectivity index is 3.37. The molecule has 0 saturated heterocycles. The summed E-state index contributed by atoms with van der Waals surface area (Å²) in [6.45, 7) is 3.79. The Morgan fingerprint density at radius 1 is 1.35 bits per heavy atom. The van der Waals surface area contributed by atoms with Crippen molar-refractivity contribution in [2.75, 3.05) is 14.1 Å². The van der Waals surface area contributed by atoms with Crippen LogP contribution in [-0.4, -0.2) is 32.9 Å². The van der Waals surface area contributed by atoms with Gasteiger partial charge in [-0.3, -0.25) is 0 Å². The summed E-state index contributed by atoms with van der Waals surface area (Å²) in [6, 6.07) is 1.87. The molecule has 0 aliphatic rings. The molecule has 114 valence electrons. The first kappa shape index (κ1) is 17.0. The van der Waals surface area contributed by atoms with Crippen molar-refractivity contribution in [2.45, 2.75) is 37.8 Å². The molecular formula is C13H20F2N2O2S. The Morgan fingerprint density at radius 2 is 1.95 bits per heavy atom. The number of rotatable bonds is 6. The molecule has 0 fully saturated rings. The monoisotopic (exact) mass is 306 g/mol. The van der Waals surface area contributed by atoms with Crippen molar-refractivity contribution in [2.24, 2.45) is 0 Å². The van der Waals surface area contributed by atoms with Crippen LogP contribution >= 0.6 is 0 Å². The maximum atomic E-state index is 13.8. The highest BCUT2D eigenvalue weighted by atomic mass is 32.2. The first-order chi connectivity index (χ1) is 9.25. The van der Waals surface area contributed by atoms with Gasteiger partial charge >= 0.3 is 0 Å². The molecule has 1 N–H and O–H groups in total. The van der Waals surface area contributed by atoms with Gasteiger partial charge in [0.2, 0.25) is 10.0 Å². The zero-order chi connectivity index (χ0) is 15.5. The fraction of sp³-hybridized carbons (Fsp3) is 0.538. The minimum absolute atomic E-state index is 0.257. The summed E-state index contributed by atoms with van der Waals surface area (Å²) < 4.78 is 53.2. The van der Waals surface area contributed by atoms with Crippen LogP contribution in [0, 0.1) is 11.6 Å². The van der Waals surface area contributed by atoms with Crippen molar-refractivity contribution in [3.05, 3.63) is 29.3 Å². The fourth-order valence-electron chi connectivity index (χ4n) is 1.76. The molecule has 0 heterocycles. The number of nitrogens with zero attached hydrogens (tertiary/aromatic N) is 1. The van der Waals surface area contributed by atoms with Crippen molar-refractivity contribution in [3.63, 3.8) is 0 Å². The molecular weight excluding hydrogens is 286 g/mol. The van der Waals surface area contributed by atoms with E-state index in [9.17, 15) is 17.2 Å². The summed E-state index contributed by atoms with van der Waals surface area (Å²) >= 11 is 0. The highest BCUT2D eigenvalue weighted by Crippen LogP contribution is 2.24. The lowest BCUT2D eigenvalue weighted by Crippen LogP contribution is -2.35. The second-order valence-corrected chi connectivity index (χ2v) is 6.66. The first-order valence-corrected chi connectivity index (χ1v) is 7.80. The molecule has 1 rings (SSSR count). The second-order valence-electron chi connectivity index (χ2n) is 4.70. The molecule has 0 aliphatic carbocycles. The Kier molecular flexibility index (Phi) is 5.61. The van der Waals surface area contributed by atoms with E-state index in [1.54, 1.807) is 14.0 Å². The van der Waals surface area contributed by atoms with Crippen LogP contribution in [0.4, 0.5) is 8.78 Å². The average molecular weight is 306 g/mol. The topological polar surface area (TPSA) is 49.4 Å². The Hall–Kier alpha value is -1.05. The van der Waals surface area contributed by atoms with Crippen LogP contribution < -0.4 is 5.32 Å². The van der Waals surface area contributed by atoms with Crippen LogP contribution in [0.5, 0.6) is 0 Å². The van der Waals surface area contributed by atoms with Gasteiger partial charge in [-0.2, -0.15) is 4.31 Å². The van der Waals surface area contributed by atoms with Crippen molar-refractivity contribution in [1.29, 1.82) is 0 Å². The number of sulfonamides is 1. The van der Waals surface area contributed by atoms with Gasteiger partial charge in [-0.25, -0.2) is 17.2 Å².